The fourth-order valence-electron chi connectivity index (χ4n) is 2.16. The highest BCUT2D eigenvalue weighted by atomic mass is 16.1. The van der Waals surface area contributed by atoms with Crippen molar-refractivity contribution < 1.29 is 9.59 Å². The molecule has 0 aliphatic heterocycles. The minimum atomic E-state index is -0.262. The first-order chi connectivity index (χ1) is 10.6. The van der Waals surface area contributed by atoms with Crippen molar-refractivity contribution in [1.82, 2.24) is 9.97 Å². The van der Waals surface area contributed by atoms with Crippen LogP contribution in [-0.2, 0) is 0 Å². The zero-order valence-electron chi connectivity index (χ0n) is 11.9. The number of rotatable bonds is 3. The predicted molar refractivity (Wildman–Crippen MR) is 83.9 cm³/mol. The number of aromatic nitrogens is 2. The molecule has 0 spiro atoms. The molecule has 1 heterocycles. The molecular weight excluding hydrogens is 278 g/mol. The maximum atomic E-state index is 12.4. The lowest BCUT2D eigenvalue weighted by atomic mass is 10.1. The lowest BCUT2D eigenvalue weighted by molar-refractivity contribution is 0.101. The highest BCUT2D eigenvalue weighted by Gasteiger charge is 2.11. The van der Waals surface area contributed by atoms with Crippen LogP contribution < -0.4 is 5.32 Å². The maximum absolute atomic E-state index is 12.4. The summed E-state index contributed by atoms with van der Waals surface area (Å²) in [6.07, 6.45) is 3.14. The van der Waals surface area contributed by atoms with E-state index < -0.39 is 0 Å². The summed E-state index contributed by atoms with van der Waals surface area (Å²) in [6.45, 7) is 1.50. The van der Waals surface area contributed by atoms with Crippen molar-refractivity contribution >= 4 is 28.4 Å². The van der Waals surface area contributed by atoms with Gasteiger partial charge in [-0.2, -0.15) is 0 Å². The van der Waals surface area contributed by atoms with Crippen LogP contribution >= 0.6 is 0 Å². The van der Waals surface area contributed by atoms with Crippen molar-refractivity contribution in [2.24, 2.45) is 0 Å². The molecule has 0 saturated carbocycles. The third-order valence-corrected chi connectivity index (χ3v) is 3.29. The van der Waals surface area contributed by atoms with E-state index >= 15 is 0 Å². The maximum Gasteiger partial charge on any atom is 0.257 e. The van der Waals surface area contributed by atoms with E-state index in [1.165, 1.54) is 6.92 Å². The Morgan fingerprint density at radius 1 is 0.955 bits per heavy atom. The molecule has 2 aromatic carbocycles. The highest BCUT2D eigenvalue weighted by Crippen LogP contribution is 2.16. The molecule has 0 radical (unpaired) electrons. The number of amides is 1. The summed E-state index contributed by atoms with van der Waals surface area (Å²) in [5.74, 6) is -0.274. The van der Waals surface area contributed by atoms with Crippen molar-refractivity contribution in [3.63, 3.8) is 0 Å². The predicted octanol–water partition coefficient (Wildman–Crippen LogP) is 3.08. The Bertz CT molecular complexity index is 852. The van der Waals surface area contributed by atoms with E-state index in [2.05, 4.69) is 15.3 Å². The Morgan fingerprint density at radius 2 is 1.68 bits per heavy atom. The molecule has 1 N–H and O–H groups in total. The average Bonchev–Trinajstić information content (AvgIpc) is 2.54. The lowest BCUT2D eigenvalue weighted by Gasteiger charge is -2.07. The van der Waals surface area contributed by atoms with Gasteiger partial charge in [0.05, 0.1) is 11.1 Å². The first-order valence-electron chi connectivity index (χ1n) is 6.77. The summed E-state index contributed by atoms with van der Waals surface area (Å²) in [5.41, 5.74) is 2.91. The number of ketones is 1. The Labute approximate surface area is 127 Å². The lowest BCUT2D eigenvalue weighted by Crippen LogP contribution is -2.13. The van der Waals surface area contributed by atoms with E-state index in [0.29, 0.717) is 27.8 Å². The molecule has 3 aromatic rings. The summed E-state index contributed by atoms with van der Waals surface area (Å²) in [7, 11) is 0. The highest BCUT2D eigenvalue weighted by molar-refractivity contribution is 6.11. The molecule has 0 saturated heterocycles. The molecule has 5 heteroatoms. The van der Waals surface area contributed by atoms with Crippen LogP contribution in [0.25, 0.3) is 11.0 Å². The number of nitrogens with zero attached hydrogens (tertiary/aromatic N) is 2. The van der Waals surface area contributed by atoms with Gasteiger partial charge in [0.15, 0.2) is 5.78 Å². The van der Waals surface area contributed by atoms with E-state index in [-0.39, 0.29) is 11.7 Å². The first-order valence-corrected chi connectivity index (χ1v) is 6.77. The Kier molecular flexibility index (Phi) is 3.62. The van der Waals surface area contributed by atoms with E-state index in [1.807, 2.05) is 0 Å². The molecule has 0 aliphatic carbocycles. The standard InChI is InChI=1S/C17H13N3O2/c1-11(21)12-5-7-13(8-6-12)20-17(22)14-3-2-4-15-16(14)19-10-9-18-15/h2-10H,1H3,(H,20,22). The van der Waals surface area contributed by atoms with E-state index in [0.717, 1.165) is 0 Å². The largest absolute Gasteiger partial charge is 0.322 e. The summed E-state index contributed by atoms with van der Waals surface area (Å²) in [5, 5.41) is 2.80. The number of anilines is 1. The van der Waals surface area contributed by atoms with Gasteiger partial charge < -0.3 is 5.32 Å². The van der Waals surface area contributed by atoms with Gasteiger partial charge >= 0.3 is 0 Å². The van der Waals surface area contributed by atoms with E-state index in [4.69, 9.17) is 0 Å². The van der Waals surface area contributed by atoms with Gasteiger partial charge in [-0.25, -0.2) is 0 Å². The van der Waals surface area contributed by atoms with Gasteiger partial charge in [-0.1, -0.05) is 6.07 Å². The van der Waals surface area contributed by atoms with E-state index in [9.17, 15) is 9.59 Å². The van der Waals surface area contributed by atoms with Gasteiger partial charge in [-0.3, -0.25) is 19.6 Å². The van der Waals surface area contributed by atoms with Crippen molar-refractivity contribution in [3.8, 4) is 0 Å². The van der Waals surface area contributed by atoms with Crippen LogP contribution in [0.1, 0.15) is 27.6 Å². The van der Waals surface area contributed by atoms with Gasteiger partial charge in [-0.05, 0) is 43.3 Å². The molecule has 3 rings (SSSR count). The van der Waals surface area contributed by atoms with Gasteiger partial charge in [0, 0.05) is 23.6 Å². The second-order valence-corrected chi connectivity index (χ2v) is 4.82. The summed E-state index contributed by atoms with van der Waals surface area (Å²) in [4.78, 5) is 32.0. The molecule has 108 valence electrons. The zero-order chi connectivity index (χ0) is 15.5. The smallest absolute Gasteiger partial charge is 0.257 e. The van der Waals surface area contributed by atoms with Crippen LogP contribution in [0.4, 0.5) is 5.69 Å². The summed E-state index contributed by atoms with van der Waals surface area (Å²) >= 11 is 0. The number of fused-ring (bicyclic) bond motifs is 1. The molecule has 0 atom stereocenters. The summed E-state index contributed by atoms with van der Waals surface area (Å²) in [6, 6.07) is 12.0. The van der Waals surface area contributed by atoms with Crippen LogP contribution in [0, 0.1) is 0 Å². The molecule has 0 unspecified atom stereocenters. The number of carbonyl (C=O) groups excluding carboxylic acids is 2. The summed E-state index contributed by atoms with van der Waals surface area (Å²) < 4.78 is 0. The van der Waals surface area contributed by atoms with Gasteiger partial charge in [0.1, 0.15) is 5.52 Å². The van der Waals surface area contributed by atoms with Crippen LogP contribution in [0.15, 0.2) is 54.9 Å². The van der Waals surface area contributed by atoms with Crippen molar-refractivity contribution in [3.05, 3.63) is 66.0 Å². The minimum absolute atomic E-state index is 0.0118. The Hall–Kier alpha value is -3.08. The normalized spacial score (nSPS) is 10.4. The molecular formula is C17H13N3O2. The zero-order valence-corrected chi connectivity index (χ0v) is 11.9. The average molecular weight is 291 g/mol. The third kappa shape index (κ3) is 2.69. The van der Waals surface area contributed by atoms with Crippen molar-refractivity contribution in [2.45, 2.75) is 6.92 Å². The molecule has 1 aromatic heterocycles. The van der Waals surface area contributed by atoms with Gasteiger partial charge in [-0.15, -0.1) is 0 Å². The Morgan fingerprint density at radius 3 is 2.41 bits per heavy atom. The number of hydrogen-bond acceptors (Lipinski definition) is 4. The molecule has 1 amide bonds. The Balaban J connectivity index is 1.89. The quantitative estimate of drug-likeness (QED) is 0.753. The molecule has 0 bridgehead atoms. The van der Waals surface area contributed by atoms with Crippen LogP contribution in [0.2, 0.25) is 0 Å². The fourth-order valence-corrected chi connectivity index (χ4v) is 2.16. The number of hydrogen-bond donors (Lipinski definition) is 1. The topological polar surface area (TPSA) is 72.0 Å². The monoisotopic (exact) mass is 291 g/mol. The fraction of sp³-hybridized carbons (Fsp3) is 0.0588. The third-order valence-electron chi connectivity index (χ3n) is 3.29. The molecule has 5 nitrogen and oxygen atoms in total. The molecule has 0 fully saturated rings. The number of benzene rings is 2. The number of Topliss-reactive ketones (excluding diaryl/α,β-unsaturated/α-hetero) is 1. The SMILES string of the molecule is CC(=O)c1ccc(NC(=O)c2cccc3nccnc23)cc1. The van der Waals surface area contributed by atoms with Crippen molar-refractivity contribution in [2.75, 3.05) is 5.32 Å². The molecule has 0 aliphatic rings. The van der Waals surface area contributed by atoms with Crippen molar-refractivity contribution in [1.29, 1.82) is 0 Å². The second kappa shape index (κ2) is 5.73. The minimum Gasteiger partial charge on any atom is -0.322 e. The van der Waals surface area contributed by atoms with Crippen LogP contribution in [0.3, 0.4) is 0 Å². The number of carbonyl (C=O) groups is 2. The second-order valence-electron chi connectivity index (χ2n) is 4.82. The van der Waals surface area contributed by atoms with Gasteiger partial charge in [0.25, 0.3) is 5.91 Å². The molecule has 22 heavy (non-hydrogen) atoms. The van der Waals surface area contributed by atoms with Crippen LogP contribution in [-0.4, -0.2) is 21.7 Å². The number of nitrogens with one attached hydrogen (secondary N) is 1. The van der Waals surface area contributed by atoms with E-state index in [1.54, 1.807) is 54.9 Å². The number of para-hydroxylation sites is 1. The van der Waals surface area contributed by atoms with Gasteiger partial charge in [0.2, 0.25) is 0 Å². The van der Waals surface area contributed by atoms with Crippen LogP contribution in [0.5, 0.6) is 0 Å². The first kappa shape index (κ1) is 13.9.